The maximum atomic E-state index is 13.6. The third-order valence-electron chi connectivity index (χ3n) is 12.7. The number of benzene rings is 3. The Kier molecular flexibility index (Phi) is 17.2. The van der Waals surface area contributed by atoms with Crippen LogP contribution < -0.4 is 31.3 Å². The van der Waals surface area contributed by atoms with Crippen molar-refractivity contribution in [3.63, 3.8) is 0 Å². The number of ether oxygens (including phenoxy) is 3. The number of carbonyl (C=O) groups is 5. The van der Waals surface area contributed by atoms with E-state index in [0.29, 0.717) is 66.3 Å². The molecule has 0 aliphatic carbocycles. The fourth-order valence-electron chi connectivity index (χ4n) is 8.65. The molecule has 18 heteroatoms. The number of amides is 5. The minimum Gasteiger partial charge on any atom is -0.494 e. The van der Waals surface area contributed by atoms with Gasteiger partial charge in [0.1, 0.15) is 30.1 Å². The highest BCUT2D eigenvalue weighted by molar-refractivity contribution is 6.10. The van der Waals surface area contributed by atoms with Gasteiger partial charge in [-0.1, -0.05) is 30.7 Å². The van der Waals surface area contributed by atoms with Gasteiger partial charge < -0.3 is 45.3 Å². The number of amidine groups is 2. The summed E-state index contributed by atoms with van der Waals surface area (Å²) in [7, 11) is 2.05. The van der Waals surface area contributed by atoms with Crippen LogP contribution in [0.5, 0.6) is 5.75 Å². The Morgan fingerprint density at radius 2 is 1.61 bits per heavy atom. The Balaban J connectivity index is 0.760. The van der Waals surface area contributed by atoms with Crippen LogP contribution in [-0.4, -0.2) is 121 Å². The van der Waals surface area contributed by atoms with E-state index in [0.717, 1.165) is 50.1 Å². The van der Waals surface area contributed by atoms with Gasteiger partial charge in [-0.15, -0.1) is 0 Å². The zero-order valence-electron chi connectivity index (χ0n) is 39.2. The average molecular weight is 943 g/mol. The summed E-state index contributed by atoms with van der Waals surface area (Å²) >= 11 is 0. The smallest absolute Gasteiger partial charge is 0.255 e. The predicted octanol–water partition coefficient (Wildman–Crippen LogP) is 5.41. The standard InChI is InChI=1S/C51H62N10O8/c1-34(55-47(64)37-11-7-12-38(30-37)59-51(20-24-60(2)25-21-51)50(53)58-46(52)35-18-22-54-23-19-35)36-10-8-13-39(31-36)69-27-6-4-3-5-26-67-28-29-68-33-45(63)56-42-15-9-14-40-41(42)32-61(49(40)66)43-16-17-44(62)57-48(43)65/h7-15,18-19,22-23,30-31,34,43,59H,3-6,16-17,20-21,24-29,32-33H2,1-2H3,(H,55,64)(H,56,63)(H3,52,53,58)(H,57,62,65)/t34-,43?/m1/s1. The molecule has 7 N–H and O–H groups in total. The summed E-state index contributed by atoms with van der Waals surface area (Å²) in [5.74, 6) is -0.684. The molecule has 2 saturated heterocycles. The van der Waals surface area contributed by atoms with Crippen LogP contribution >= 0.6 is 0 Å². The summed E-state index contributed by atoms with van der Waals surface area (Å²) in [5.41, 5.74) is 3.53. The van der Waals surface area contributed by atoms with E-state index in [-0.39, 0.29) is 73.9 Å². The Morgan fingerprint density at radius 3 is 2.39 bits per heavy atom. The van der Waals surface area contributed by atoms with E-state index in [1.165, 1.54) is 4.90 Å². The van der Waals surface area contributed by atoms with Crippen LogP contribution in [0.1, 0.15) is 102 Å². The number of fused-ring (bicyclic) bond motifs is 1. The summed E-state index contributed by atoms with van der Waals surface area (Å²) in [4.78, 5) is 71.0. The van der Waals surface area contributed by atoms with E-state index in [4.69, 9.17) is 25.0 Å². The van der Waals surface area contributed by atoms with Crippen molar-refractivity contribution in [1.29, 1.82) is 10.8 Å². The number of hydrogen-bond acceptors (Lipinski definition) is 13. The molecule has 364 valence electrons. The zero-order chi connectivity index (χ0) is 48.8. The second-order valence-corrected chi connectivity index (χ2v) is 17.7. The highest BCUT2D eigenvalue weighted by Crippen LogP contribution is 2.33. The predicted molar refractivity (Wildman–Crippen MR) is 260 cm³/mol. The number of nitrogens with zero attached hydrogens (tertiary/aromatic N) is 3. The van der Waals surface area contributed by atoms with Gasteiger partial charge in [0.2, 0.25) is 17.7 Å². The molecule has 0 spiro atoms. The maximum absolute atomic E-state index is 13.6. The quantitative estimate of drug-likeness (QED) is 0.0227. The molecule has 0 radical (unpaired) electrons. The molecule has 0 bridgehead atoms. The Morgan fingerprint density at radius 1 is 0.870 bits per heavy atom. The van der Waals surface area contributed by atoms with Crippen LogP contribution in [0.2, 0.25) is 0 Å². The molecule has 4 heterocycles. The van der Waals surface area contributed by atoms with Gasteiger partial charge in [0.15, 0.2) is 0 Å². The van der Waals surface area contributed by atoms with E-state index in [1.54, 1.807) is 54.9 Å². The van der Waals surface area contributed by atoms with Crippen molar-refractivity contribution in [3.8, 4) is 5.75 Å². The molecule has 3 aromatic carbocycles. The second kappa shape index (κ2) is 23.8. The highest BCUT2D eigenvalue weighted by Gasteiger charge is 2.41. The van der Waals surface area contributed by atoms with Crippen molar-refractivity contribution >= 4 is 52.6 Å². The first-order valence-electron chi connectivity index (χ1n) is 23.6. The lowest BCUT2D eigenvalue weighted by atomic mass is 9.85. The SMILES string of the molecule is C[C@@H](NC(=O)c1cccc(NC2(C(=N)NC(=N)c3ccncc3)CCN(C)CC2)c1)c1cccc(OCCCCCCOCCOCC(=O)Nc2cccc3c2CN(C2CCC(=O)NC2=O)C3=O)c1. The number of unbranched alkanes of at least 4 members (excludes halogenated alkanes) is 3. The van der Waals surface area contributed by atoms with Gasteiger partial charge in [-0.25, -0.2) is 0 Å². The first kappa shape index (κ1) is 49.9. The van der Waals surface area contributed by atoms with Crippen LogP contribution in [-0.2, 0) is 30.4 Å². The molecular weight excluding hydrogens is 881 g/mol. The fraction of sp³-hybridized carbons (Fsp3) is 0.412. The molecule has 2 fully saturated rings. The second-order valence-electron chi connectivity index (χ2n) is 17.7. The van der Waals surface area contributed by atoms with Crippen LogP contribution in [0.25, 0.3) is 0 Å². The summed E-state index contributed by atoms with van der Waals surface area (Å²) in [6.45, 7) is 5.16. The monoisotopic (exact) mass is 942 g/mol. The van der Waals surface area contributed by atoms with Gasteiger partial charge in [-0.05, 0) is 113 Å². The number of rotatable bonds is 22. The number of aromatic nitrogens is 1. The maximum Gasteiger partial charge on any atom is 0.255 e. The van der Waals surface area contributed by atoms with Crippen molar-refractivity contribution in [2.75, 3.05) is 63.8 Å². The van der Waals surface area contributed by atoms with Crippen molar-refractivity contribution < 1.29 is 38.2 Å². The first-order valence-corrected chi connectivity index (χ1v) is 23.6. The number of carbonyl (C=O) groups excluding carboxylic acids is 5. The summed E-state index contributed by atoms with van der Waals surface area (Å²) in [6, 6.07) is 22.5. The normalized spacial score (nSPS) is 17.0. The molecule has 7 rings (SSSR count). The largest absolute Gasteiger partial charge is 0.494 e. The van der Waals surface area contributed by atoms with Gasteiger partial charge in [-0.2, -0.15) is 0 Å². The van der Waals surface area contributed by atoms with E-state index >= 15 is 0 Å². The third kappa shape index (κ3) is 13.4. The van der Waals surface area contributed by atoms with Crippen LogP contribution in [0.4, 0.5) is 11.4 Å². The number of likely N-dealkylation sites (tertiary alicyclic amines) is 1. The minimum atomic E-state index is -0.752. The van der Waals surface area contributed by atoms with Gasteiger partial charge in [0.05, 0.1) is 31.4 Å². The number of imide groups is 1. The lowest BCUT2D eigenvalue weighted by molar-refractivity contribution is -0.137. The number of hydrogen-bond donors (Lipinski definition) is 7. The first-order chi connectivity index (χ1) is 33.4. The Bertz CT molecular complexity index is 2500. The summed E-state index contributed by atoms with van der Waals surface area (Å²) in [6.07, 6.45) is 8.63. The minimum absolute atomic E-state index is 0.126. The number of pyridine rings is 1. The van der Waals surface area contributed by atoms with Crippen LogP contribution in [0.15, 0.2) is 91.3 Å². The number of piperidine rings is 2. The molecule has 5 amide bonds. The third-order valence-corrected chi connectivity index (χ3v) is 12.7. The molecular formula is C51H62N10O8. The van der Waals surface area contributed by atoms with E-state index in [1.807, 2.05) is 43.3 Å². The van der Waals surface area contributed by atoms with Gasteiger partial charge in [-0.3, -0.25) is 45.1 Å². The molecule has 18 nitrogen and oxygen atoms in total. The lowest BCUT2D eigenvalue weighted by Gasteiger charge is -2.42. The van der Waals surface area contributed by atoms with Gasteiger partial charge in [0.25, 0.3) is 11.8 Å². The zero-order valence-corrected chi connectivity index (χ0v) is 39.2. The lowest BCUT2D eigenvalue weighted by Crippen LogP contribution is -2.58. The van der Waals surface area contributed by atoms with Gasteiger partial charge in [0, 0.05) is 78.7 Å². The molecule has 69 heavy (non-hydrogen) atoms. The summed E-state index contributed by atoms with van der Waals surface area (Å²) < 4.78 is 17.3. The van der Waals surface area contributed by atoms with E-state index < -0.39 is 17.5 Å². The van der Waals surface area contributed by atoms with Crippen molar-refractivity contribution in [3.05, 3.63) is 119 Å². The van der Waals surface area contributed by atoms with E-state index in [2.05, 4.69) is 43.5 Å². The van der Waals surface area contributed by atoms with Crippen LogP contribution in [0.3, 0.4) is 0 Å². The van der Waals surface area contributed by atoms with Crippen molar-refractivity contribution in [2.24, 2.45) is 0 Å². The topological polar surface area (TPSA) is 240 Å². The number of anilines is 2. The Hall–Kier alpha value is -7.02. The highest BCUT2D eigenvalue weighted by atomic mass is 16.5. The molecule has 3 aliphatic heterocycles. The molecule has 0 saturated carbocycles. The molecule has 1 aromatic heterocycles. The van der Waals surface area contributed by atoms with Gasteiger partial charge >= 0.3 is 0 Å². The molecule has 1 unspecified atom stereocenters. The molecule has 2 atom stereocenters. The molecule has 3 aliphatic rings. The van der Waals surface area contributed by atoms with Crippen molar-refractivity contribution in [2.45, 2.75) is 82.5 Å². The van der Waals surface area contributed by atoms with Crippen molar-refractivity contribution in [1.82, 2.24) is 30.7 Å². The number of nitrogens with one attached hydrogen (secondary N) is 7. The fourth-order valence-corrected chi connectivity index (χ4v) is 8.65. The Labute approximate surface area is 402 Å². The van der Waals surface area contributed by atoms with E-state index in [9.17, 15) is 24.0 Å². The molecule has 4 aromatic rings. The average Bonchev–Trinajstić information content (AvgIpc) is 3.69. The summed E-state index contributed by atoms with van der Waals surface area (Å²) in [5, 5.41) is 32.5. The van der Waals surface area contributed by atoms with Crippen LogP contribution in [0, 0.1) is 10.8 Å².